The van der Waals surface area contributed by atoms with Crippen molar-refractivity contribution in [2.45, 2.75) is 26.0 Å². The van der Waals surface area contributed by atoms with Crippen molar-refractivity contribution in [3.63, 3.8) is 0 Å². The smallest absolute Gasteiger partial charge is 0.320 e. The van der Waals surface area contributed by atoms with Crippen LogP contribution < -0.4 is 15.4 Å². The van der Waals surface area contributed by atoms with Crippen molar-refractivity contribution < 1.29 is 23.1 Å². The summed E-state index contributed by atoms with van der Waals surface area (Å²) in [7, 11) is 1.48. The summed E-state index contributed by atoms with van der Waals surface area (Å²) >= 11 is 0. The first-order valence-corrected chi connectivity index (χ1v) is 12.3. The highest BCUT2D eigenvalue weighted by molar-refractivity contribution is 5.91. The SMILES string of the molecule is CCN1C[C@@H](NC(=O)Nc2c(C)c(-c3cnc(OC)nc3)nn2-c2ccccc2)[C@H](c2ccc(F)c(F)c2)O1. The fraction of sp³-hybridized carbons (Fsp3) is 0.259. The van der Waals surface area contributed by atoms with Gasteiger partial charge in [0.25, 0.3) is 0 Å². The molecule has 1 fully saturated rings. The molecule has 10 nitrogen and oxygen atoms in total. The lowest BCUT2D eigenvalue weighted by Gasteiger charge is -2.20. The van der Waals surface area contributed by atoms with Gasteiger partial charge in [0, 0.05) is 36.6 Å². The van der Waals surface area contributed by atoms with Crippen molar-refractivity contribution in [2.75, 3.05) is 25.5 Å². The van der Waals surface area contributed by atoms with E-state index in [2.05, 4.69) is 20.6 Å². The maximum Gasteiger partial charge on any atom is 0.320 e. The van der Waals surface area contributed by atoms with Gasteiger partial charge in [0.15, 0.2) is 11.6 Å². The van der Waals surface area contributed by atoms with Crippen LogP contribution in [0.3, 0.4) is 0 Å². The van der Waals surface area contributed by atoms with E-state index in [0.29, 0.717) is 41.3 Å². The number of rotatable bonds is 7. The molecule has 2 N–H and O–H groups in total. The summed E-state index contributed by atoms with van der Waals surface area (Å²) in [6.07, 6.45) is 2.50. The Labute approximate surface area is 223 Å². The number of methoxy groups -OCH3 is 1. The van der Waals surface area contributed by atoms with Crippen molar-refractivity contribution >= 4 is 11.8 Å². The Kier molecular flexibility index (Phi) is 7.48. The number of hydrogen-bond donors (Lipinski definition) is 2. The molecule has 0 radical (unpaired) electrons. The van der Waals surface area contributed by atoms with Gasteiger partial charge in [0.2, 0.25) is 0 Å². The summed E-state index contributed by atoms with van der Waals surface area (Å²) in [5.74, 6) is -1.49. The minimum Gasteiger partial charge on any atom is -0.467 e. The Morgan fingerprint density at radius 1 is 1.13 bits per heavy atom. The van der Waals surface area contributed by atoms with Gasteiger partial charge in [-0.1, -0.05) is 31.2 Å². The van der Waals surface area contributed by atoms with E-state index in [9.17, 15) is 13.6 Å². The molecule has 5 rings (SSSR count). The molecular weight excluding hydrogens is 508 g/mol. The minimum atomic E-state index is -0.980. The van der Waals surface area contributed by atoms with Gasteiger partial charge >= 0.3 is 12.0 Å². The summed E-state index contributed by atoms with van der Waals surface area (Å²) in [6.45, 7) is 4.65. The number of likely N-dealkylation sites (N-methyl/N-ethyl adjacent to an activating group) is 1. The normalized spacial score (nSPS) is 17.3. The number of ether oxygens (including phenoxy) is 1. The van der Waals surface area contributed by atoms with E-state index in [0.717, 1.165) is 17.8 Å². The van der Waals surface area contributed by atoms with Gasteiger partial charge in [-0.2, -0.15) is 10.2 Å². The zero-order valence-corrected chi connectivity index (χ0v) is 21.6. The van der Waals surface area contributed by atoms with E-state index in [-0.39, 0.29) is 6.01 Å². The number of carbonyl (C=O) groups is 1. The highest BCUT2D eigenvalue weighted by atomic mass is 19.2. The van der Waals surface area contributed by atoms with Gasteiger partial charge in [0.05, 0.1) is 18.8 Å². The number of halogens is 2. The van der Waals surface area contributed by atoms with E-state index < -0.39 is 29.8 Å². The summed E-state index contributed by atoms with van der Waals surface area (Å²) in [6, 6.07) is 12.1. The first-order chi connectivity index (χ1) is 18.9. The lowest BCUT2D eigenvalue weighted by molar-refractivity contribution is -0.144. The second-order valence-electron chi connectivity index (χ2n) is 8.91. The molecule has 2 atom stereocenters. The van der Waals surface area contributed by atoms with Crippen LogP contribution in [0.25, 0.3) is 16.9 Å². The predicted octanol–water partition coefficient (Wildman–Crippen LogP) is 4.42. The van der Waals surface area contributed by atoms with Gasteiger partial charge in [0.1, 0.15) is 17.6 Å². The molecule has 0 unspecified atom stereocenters. The Morgan fingerprint density at radius 3 is 2.54 bits per heavy atom. The van der Waals surface area contributed by atoms with Crippen LogP contribution in [0.15, 0.2) is 60.9 Å². The van der Waals surface area contributed by atoms with Crippen molar-refractivity contribution in [3.8, 4) is 23.0 Å². The van der Waals surface area contributed by atoms with E-state index in [1.54, 1.807) is 22.1 Å². The quantitative estimate of drug-likeness (QED) is 0.361. The Hall–Kier alpha value is -4.42. The third-order valence-electron chi connectivity index (χ3n) is 6.41. The largest absolute Gasteiger partial charge is 0.467 e. The number of hydrogen-bond acceptors (Lipinski definition) is 7. The molecule has 0 bridgehead atoms. The Morgan fingerprint density at radius 2 is 1.87 bits per heavy atom. The molecule has 1 aliphatic heterocycles. The van der Waals surface area contributed by atoms with Crippen molar-refractivity contribution in [1.82, 2.24) is 30.1 Å². The lowest BCUT2D eigenvalue weighted by Crippen LogP contribution is -2.42. The molecule has 1 saturated heterocycles. The van der Waals surface area contributed by atoms with Crippen LogP contribution >= 0.6 is 0 Å². The maximum atomic E-state index is 14.0. The van der Waals surface area contributed by atoms with Gasteiger partial charge < -0.3 is 10.1 Å². The number of aromatic nitrogens is 4. The van der Waals surface area contributed by atoms with Gasteiger partial charge in [-0.3, -0.25) is 10.2 Å². The summed E-state index contributed by atoms with van der Waals surface area (Å²) < 4.78 is 34.2. The molecule has 0 aliphatic carbocycles. The third kappa shape index (κ3) is 5.42. The fourth-order valence-electron chi connectivity index (χ4n) is 4.43. The summed E-state index contributed by atoms with van der Waals surface area (Å²) in [5.41, 5.74) is 3.07. The monoisotopic (exact) mass is 535 g/mol. The van der Waals surface area contributed by atoms with Gasteiger partial charge in [-0.25, -0.2) is 28.2 Å². The van der Waals surface area contributed by atoms with E-state index in [4.69, 9.17) is 14.7 Å². The number of anilines is 1. The molecule has 2 aromatic carbocycles. The number of carbonyl (C=O) groups excluding carboxylic acids is 1. The number of nitrogens with one attached hydrogen (secondary N) is 2. The third-order valence-corrected chi connectivity index (χ3v) is 6.41. The molecule has 39 heavy (non-hydrogen) atoms. The van der Waals surface area contributed by atoms with Gasteiger partial charge in [-0.05, 0) is 36.8 Å². The number of urea groups is 1. The Bertz CT molecular complexity index is 1460. The molecule has 12 heteroatoms. The first-order valence-electron chi connectivity index (χ1n) is 12.3. The molecule has 3 heterocycles. The average molecular weight is 536 g/mol. The van der Waals surface area contributed by atoms with E-state index in [1.807, 2.05) is 44.2 Å². The summed E-state index contributed by atoms with van der Waals surface area (Å²) in [4.78, 5) is 27.6. The molecule has 0 spiro atoms. The van der Waals surface area contributed by atoms with E-state index in [1.165, 1.54) is 13.2 Å². The van der Waals surface area contributed by atoms with Crippen molar-refractivity contribution in [3.05, 3.63) is 83.7 Å². The summed E-state index contributed by atoms with van der Waals surface area (Å²) in [5, 5.41) is 12.3. The molecule has 202 valence electrons. The van der Waals surface area contributed by atoms with Crippen LogP contribution in [0, 0.1) is 18.6 Å². The van der Waals surface area contributed by atoms with Crippen molar-refractivity contribution in [1.29, 1.82) is 0 Å². The predicted molar refractivity (Wildman–Crippen MR) is 139 cm³/mol. The molecule has 0 saturated carbocycles. The van der Waals surface area contributed by atoms with Crippen LogP contribution in [0.5, 0.6) is 6.01 Å². The van der Waals surface area contributed by atoms with Crippen molar-refractivity contribution in [2.24, 2.45) is 0 Å². The van der Waals surface area contributed by atoms with Crippen LogP contribution in [-0.4, -0.2) is 57.1 Å². The number of nitrogens with zero attached hydrogens (tertiary/aromatic N) is 5. The lowest BCUT2D eigenvalue weighted by atomic mass is 10.0. The first kappa shape index (κ1) is 26.2. The molecular formula is C27H27F2N7O3. The average Bonchev–Trinajstić information content (AvgIpc) is 3.51. The Balaban J connectivity index is 1.43. The maximum absolute atomic E-state index is 14.0. The zero-order chi connectivity index (χ0) is 27.5. The number of benzene rings is 2. The highest BCUT2D eigenvalue weighted by Gasteiger charge is 2.36. The minimum absolute atomic E-state index is 0.229. The van der Waals surface area contributed by atoms with Gasteiger partial charge in [-0.15, -0.1) is 0 Å². The van der Waals surface area contributed by atoms with Crippen LogP contribution in [0.4, 0.5) is 19.4 Å². The second-order valence-corrected chi connectivity index (χ2v) is 8.91. The number of hydroxylamine groups is 2. The number of amides is 2. The molecule has 1 aliphatic rings. The molecule has 2 aromatic heterocycles. The fourth-order valence-corrected chi connectivity index (χ4v) is 4.43. The second kappa shape index (κ2) is 11.1. The molecule has 2 amide bonds. The van der Waals surface area contributed by atoms with Crippen LogP contribution in [0.1, 0.15) is 24.2 Å². The zero-order valence-electron chi connectivity index (χ0n) is 21.6. The van der Waals surface area contributed by atoms with Crippen LogP contribution in [0.2, 0.25) is 0 Å². The number of para-hydroxylation sites is 1. The van der Waals surface area contributed by atoms with Crippen LogP contribution in [-0.2, 0) is 4.84 Å². The van der Waals surface area contributed by atoms with E-state index >= 15 is 0 Å². The molecule has 4 aromatic rings. The standard InChI is InChI=1S/C27H27F2N7O3/c1-4-35-15-22(24(39-35)17-10-11-20(28)21(29)12-17)32-26(37)33-25-16(2)23(18-13-30-27(38-3)31-14-18)34-36(25)19-8-6-5-7-9-19/h5-14,22,24H,4,15H2,1-3H3,(H2,32,33,37)/t22-,24+/m1/s1. The topological polar surface area (TPSA) is 106 Å². The highest BCUT2D eigenvalue weighted by Crippen LogP contribution is 2.32.